The number of hydrogen-bond donors (Lipinski definition) is 0. The van der Waals surface area contributed by atoms with Crippen LogP contribution in [0.1, 0.15) is 19.8 Å². The van der Waals surface area contributed by atoms with E-state index in [2.05, 4.69) is 19.6 Å². The molecule has 1 fully saturated rings. The Balaban J connectivity index is 2.17. The monoisotopic (exact) mass is 96.1 g/mol. The van der Waals surface area contributed by atoms with Gasteiger partial charge in [0.25, 0.3) is 0 Å². The summed E-state index contributed by atoms with van der Waals surface area (Å²) in [6, 6.07) is 0. The highest BCUT2D eigenvalue weighted by Crippen LogP contribution is 2.33. The minimum atomic E-state index is 0.856. The van der Waals surface area contributed by atoms with E-state index in [1.165, 1.54) is 12.8 Å². The van der Waals surface area contributed by atoms with Crippen LogP contribution in [0.3, 0.4) is 0 Å². The second kappa shape index (κ2) is 1.69. The normalized spacial score (nSPS) is 39.6. The molecule has 0 aromatic carbocycles. The van der Waals surface area contributed by atoms with Crippen molar-refractivity contribution in [3.8, 4) is 0 Å². The third kappa shape index (κ3) is 0.846. The van der Waals surface area contributed by atoms with Crippen molar-refractivity contribution in [3.05, 3.63) is 12.7 Å². The molecular weight excluding hydrogens is 84.1 g/mol. The van der Waals surface area contributed by atoms with Gasteiger partial charge < -0.3 is 0 Å². The predicted octanol–water partition coefficient (Wildman–Crippen LogP) is 2.22. The van der Waals surface area contributed by atoms with E-state index in [1.54, 1.807) is 0 Å². The minimum Gasteiger partial charge on any atom is -0.103 e. The lowest BCUT2D eigenvalue weighted by Gasteiger charge is -2.29. The Morgan fingerprint density at radius 2 is 2.14 bits per heavy atom. The molecule has 0 amide bonds. The van der Waals surface area contributed by atoms with Crippen LogP contribution < -0.4 is 0 Å². The molecule has 0 N–H and O–H groups in total. The van der Waals surface area contributed by atoms with Crippen molar-refractivity contribution in [3.63, 3.8) is 0 Å². The average molecular weight is 96.2 g/mol. The fourth-order valence-electron chi connectivity index (χ4n) is 1.16. The first-order valence-corrected chi connectivity index (χ1v) is 2.95. The highest BCUT2D eigenvalue weighted by Gasteiger charge is 2.21. The van der Waals surface area contributed by atoms with E-state index < -0.39 is 0 Å². The van der Waals surface area contributed by atoms with E-state index in [0.717, 1.165) is 11.8 Å². The zero-order chi connectivity index (χ0) is 5.28. The van der Waals surface area contributed by atoms with Crippen LogP contribution in [0.15, 0.2) is 12.7 Å². The van der Waals surface area contributed by atoms with Crippen LogP contribution in [-0.4, -0.2) is 0 Å². The summed E-state index contributed by atoms with van der Waals surface area (Å²) in [4.78, 5) is 0. The van der Waals surface area contributed by atoms with E-state index in [1.807, 2.05) is 0 Å². The van der Waals surface area contributed by atoms with Crippen LogP contribution in [-0.2, 0) is 0 Å². The van der Waals surface area contributed by atoms with Crippen molar-refractivity contribution >= 4 is 0 Å². The SMILES string of the molecule is C=CC1CC(C)C1. The fourth-order valence-corrected chi connectivity index (χ4v) is 1.16. The van der Waals surface area contributed by atoms with E-state index in [0.29, 0.717) is 0 Å². The standard InChI is InChI=1S/C7H12/c1-3-7-4-6(2)5-7/h3,6-7H,1,4-5H2,2H3. The first-order chi connectivity index (χ1) is 3.33. The Kier molecular flexibility index (Phi) is 1.18. The Morgan fingerprint density at radius 3 is 2.29 bits per heavy atom. The minimum absolute atomic E-state index is 0.856. The van der Waals surface area contributed by atoms with Crippen molar-refractivity contribution in [1.82, 2.24) is 0 Å². The zero-order valence-electron chi connectivity index (χ0n) is 4.85. The van der Waals surface area contributed by atoms with Gasteiger partial charge >= 0.3 is 0 Å². The van der Waals surface area contributed by atoms with E-state index in [-0.39, 0.29) is 0 Å². The molecular formula is C7H12. The molecule has 1 aliphatic carbocycles. The summed E-state index contributed by atoms with van der Waals surface area (Å²) in [6.07, 6.45) is 4.83. The van der Waals surface area contributed by atoms with Gasteiger partial charge in [-0.05, 0) is 24.7 Å². The molecule has 1 saturated carbocycles. The van der Waals surface area contributed by atoms with E-state index in [4.69, 9.17) is 0 Å². The maximum atomic E-state index is 3.72. The van der Waals surface area contributed by atoms with E-state index in [9.17, 15) is 0 Å². The van der Waals surface area contributed by atoms with Gasteiger partial charge in [0, 0.05) is 0 Å². The van der Waals surface area contributed by atoms with Crippen molar-refractivity contribution < 1.29 is 0 Å². The smallest absolute Gasteiger partial charge is 0.0231 e. The molecule has 1 rings (SSSR count). The Morgan fingerprint density at radius 1 is 1.57 bits per heavy atom. The molecule has 0 nitrogen and oxygen atoms in total. The van der Waals surface area contributed by atoms with Crippen LogP contribution >= 0.6 is 0 Å². The molecule has 0 radical (unpaired) electrons. The van der Waals surface area contributed by atoms with Gasteiger partial charge in [-0.2, -0.15) is 0 Å². The lowest BCUT2D eigenvalue weighted by atomic mass is 9.76. The second-order valence-corrected chi connectivity index (χ2v) is 2.57. The Labute approximate surface area is 45.2 Å². The highest BCUT2D eigenvalue weighted by molar-refractivity contribution is 4.88. The molecule has 0 saturated heterocycles. The molecule has 40 valence electrons. The largest absolute Gasteiger partial charge is 0.103 e. The van der Waals surface area contributed by atoms with Crippen LogP contribution in [0.5, 0.6) is 0 Å². The molecule has 0 unspecified atom stereocenters. The summed E-state index contributed by atoms with van der Waals surface area (Å²) in [5, 5.41) is 0. The van der Waals surface area contributed by atoms with Gasteiger partial charge in [0.15, 0.2) is 0 Å². The molecule has 0 heteroatoms. The summed E-state index contributed by atoms with van der Waals surface area (Å²) >= 11 is 0. The number of hydrogen-bond acceptors (Lipinski definition) is 0. The summed E-state index contributed by atoms with van der Waals surface area (Å²) in [6.45, 7) is 6.01. The topological polar surface area (TPSA) is 0 Å². The fraction of sp³-hybridized carbons (Fsp3) is 0.714. The van der Waals surface area contributed by atoms with Gasteiger partial charge in [0.1, 0.15) is 0 Å². The molecule has 0 atom stereocenters. The van der Waals surface area contributed by atoms with Crippen LogP contribution in [0, 0.1) is 11.8 Å². The molecule has 0 heterocycles. The zero-order valence-corrected chi connectivity index (χ0v) is 4.85. The summed E-state index contributed by atoms with van der Waals surface area (Å²) < 4.78 is 0. The Hall–Kier alpha value is -0.260. The van der Waals surface area contributed by atoms with Crippen molar-refractivity contribution in [2.24, 2.45) is 11.8 Å². The van der Waals surface area contributed by atoms with Gasteiger partial charge in [-0.1, -0.05) is 13.0 Å². The lowest BCUT2D eigenvalue weighted by molar-refractivity contribution is 0.263. The molecule has 0 aliphatic heterocycles. The second-order valence-electron chi connectivity index (χ2n) is 2.57. The first-order valence-electron chi connectivity index (χ1n) is 2.95. The van der Waals surface area contributed by atoms with E-state index >= 15 is 0 Å². The average Bonchev–Trinajstić information content (AvgIpc) is 1.58. The molecule has 0 aromatic rings. The molecule has 0 aromatic heterocycles. The highest BCUT2D eigenvalue weighted by atomic mass is 14.3. The molecule has 1 aliphatic rings. The van der Waals surface area contributed by atoms with Crippen LogP contribution in [0.25, 0.3) is 0 Å². The maximum Gasteiger partial charge on any atom is -0.0231 e. The van der Waals surface area contributed by atoms with Crippen molar-refractivity contribution in [2.75, 3.05) is 0 Å². The first kappa shape index (κ1) is 4.89. The molecule has 0 spiro atoms. The predicted molar refractivity (Wildman–Crippen MR) is 32.1 cm³/mol. The summed E-state index contributed by atoms with van der Waals surface area (Å²) in [7, 11) is 0. The third-order valence-corrected chi connectivity index (χ3v) is 1.74. The summed E-state index contributed by atoms with van der Waals surface area (Å²) in [5.41, 5.74) is 0. The van der Waals surface area contributed by atoms with Gasteiger partial charge in [-0.15, -0.1) is 6.58 Å². The summed E-state index contributed by atoms with van der Waals surface area (Å²) in [5.74, 6) is 1.83. The van der Waals surface area contributed by atoms with Crippen molar-refractivity contribution in [2.45, 2.75) is 19.8 Å². The molecule has 0 bridgehead atoms. The number of allylic oxidation sites excluding steroid dienone is 1. The lowest BCUT2D eigenvalue weighted by Crippen LogP contribution is -2.17. The van der Waals surface area contributed by atoms with Crippen LogP contribution in [0.2, 0.25) is 0 Å². The molecule has 7 heavy (non-hydrogen) atoms. The quantitative estimate of drug-likeness (QED) is 0.439. The maximum absolute atomic E-state index is 3.72. The third-order valence-electron chi connectivity index (χ3n) is 1.74. The number of rotatable bonds is 1. The van der Waals surface area contributed by atoms with Gasteiger partial charge in [0.05, 0.1) is 0 Å². The van der Waals surface area contributed by atoms with Gasteiger partial charge in [0.2, 0.25) is 0 Å². The van der Waals surface area contributed by atoms with Gasteiger partial charge in [-0.25, -0.2) is 0 Å². The Bertz CT molecular complexity index is 68.1. The van der Waals surface area contributed by atoms with Crippen molar-refractivity contribution in [1.29, 1.82) is 0 Å². The van der Waals surface area contributed by atoms with Gasteiger partial charge in [-0.3, -0.25) is 0 Å². The van der Waals surface area contributed by atoms with Crippen LogP contribution in [0.4, 0.5) is 0 Å².